The molecule has 24 heavy (non-hydrogen) atoms. The number of hydrogen-bond acceptors (Lipinski definition) is 3. The Labute approximate surface area is 141 Å². The number of hydrogen-bond donors (Lipinski definition) is 0. The van der Waals surface area contributed by atoms with Crippen molar-refractivity contribution in [2.75, 3.05) is 24.6 Å². The molecule has 2 heterocycles. The highest BCUT2D eigenvalue weighted by Crippen LogP contribution is 2.32. The van der Waals surface area contributed by atoms with E-state index in [0.717, 1.165) is 43.5 Å². The maximum atomic E-state index is 12.8. The van der Waals surface area contributed by atoms with E-state index in [1.807, 2.05) is 17.0 Å². The SMILES string of the molecule is O=C([C@H]1CC=CCC1)N1CCc2c(cccc2N2CCOC2=O)C1. The van der Waals surface area contributed by atoms with E-state index in [2.05, 4.69) is 18.2 Å². The number of carbonyl (C=O) groups excluding carboxylic acids is 2. The maximum Gasteiger partial charge on any atom is 0.414 e. The highest BCUT2D eigenvalue weighted by Gasteiger charge is 2.31. The zero-order chi connectivity index (χ0) is 16.5. The fourth-order valence-electron chi connectivity index (χ4n) is 3.92. The molecular formula is C19H22N2O3. The number of nitrogens with zero attached hydrogens (tertiary/aromatic N) is 2. The largest absolute Gasteiger partial charge is 0.447 e. The lowest BCUT2D eigenvalue weighted by Crippen LogP contribution is -2.40. The molecule has 126 valence electrons. The molecule has 0 aromatic heterocycles. The second-order valence-electron chi connectivity index (χ2n) is 6.67. The standard InChI is InChI=1S/C19H22N2O3/c22-18(14-5-2-1-3-6-14)20-10-9-16-15(13-20)7-4-8-17(16)21-11-12-24-19(21)23/h1-2,4,7-8,14H,3,5-6,9-13H2/t14-/m0/s1. The molecule has 4 rings (SSSR count). The summed E-state index contributed by atoms with van der Waals surface area (Å²) < 4.78 is 5.07. The van der Waals surface area contributed by atoms with Gasteiger partial charge in [-0.15, -0.1) is 0 Å². The van der Waals surface area contributed by atoms with Crippen LogP contribution in [0.1, 0.15) is 30.4 Å². The van der Waals surface area contributed by atoms with Gasteiger partial charge in [0.15, 0.2) is 0 Å². The van der Waals surface area contributed by atoms with Crippen molar-refractivity contribution in [3.63, 3.8) is 0 Å². The summed E-state index contributed by atoms with van der Waals surface area (Å²) in [6, 6.07) is 6.02. The Bertz CT molecular complexity index is 698. The van der Waals surface area contributed by atoms with E-state index in [-0.39, 0.29) is 17.9 Å². The minimum absolute atomic E-state index is 0.133. The van der Waals surface area contributed by atoms with Crippen LogP contribution in [0.2, 0.25) is 0 Å². The van der Waals surface area contributed by atoms with Crippen molar-refractivity contribution in [2.45, 2.75) is 32.2 Å². The van der Waals surface area contributed by atoms with Gasteiger partial charge in [0.1, 0.15) is 6.61 Å². The molecule has 0 spiro atoms. The summed E-state index contributed by atoms with van der Waals surface area (Å²) in [6.45, 7) is 2.42. The van der Waals surface area contributed by atoms with E-state index >= 15 is 0 Å². The fraction of sp³-hybridized carbons (Fsp3) is 0.474. The van der Waals surface area contributed by atoms with E-state index in [1.54, 1.807) is 4.90 Å². The summed E-state index contributed by atoms with van der Waals surface area (Å²) in [5.74, 6) is 0.407. The second-order valence-corrected chi connectivity index (χ2v) is 6.67. The first-order valence-corrected chi connectivity index (χ1v) is 8.73. The van der Waals surface area contributed by atoms with Crippen LogP contribution in [0.3, 0.4) is 0 Å². The third kappa shape index (κ3) is 2.68. The van der Waals surface area contributed by atoms with Gasteiger partial charge in [-0.3, -0.25) is 9.69 Å². The summed E-state index contributed by atoms with van der Waals surface area (Å²) in [5.41, 5.74) is 3.28. The molecular weight excluding hydrogens is 304 g/mol. The summed E-state index contributed by atoms with van der Waals surface area (Å²) >= 11 is 0. The van der Waals surface area contributed by atoms with E-state index in [4.69, 9.17) is 4.74 Å². The normalized spacial score (nSPS) is 23.2. The van der Waals surface area contributed by atoms with Crippen molar-refractivity contribution in [1.82, 2.24) is 4.90 Å². The van der Waals surface area contributed by atoms with Crippen molar-refractivity contribution in [3.05, 3.63) is 41.5 Å². The van der Waals surface area contributed by atoms with Gasteiger partial charge in [-0.2, -0.15) is 0 Å². The Morgan fingerprint density at radius 1 is 1.21 bits per heavy atom. The molecule has 1 atom stereocenters. The molecule has 1 aliphatic carbocycles. The predicted molar refractivity (Wildman–Crippen MR) is 90.7 cm³/mol. The number of fused-ring (bicyclic) bond motifs is 1. The van der Waals surface area contributed by atoms with Crippen LogP contribution in [0.5, 0.6) is 0 Å². The Kier molecular flexibility index (Phi) is 4.00. The van der Waals surface area contributed by atoms with E-state index in [0.29, 0.717) is 19.7 Å². The Morgan fingerprint density at radius 2 is 2.12 bits per heavy atom. The molecule has 3 aliphatic rings. The van der Waals surface area contributed by atoms with Gasteiger partial charge in [0.2, 0.25) is 5.91 Å². The quantitative estimate of drug-likeness (QED) is 0.785. The number of carbonyl (C=O) groups is 2. The molecule has 0 saturated carbocycles. The highest BCUT2D eigenvalue weighted by atomic mass is 16.6. The van der Waals surface area contributed by atoms with Crippen LogP contribution in [0.25, 0.3) is 0 Å². The van der Waals surface area contributed by atoms with Gasteiger partial charge < -0.3 is 9.64 Å². The average Bonchev–Trinajstić information content (AvgIpc) is 3.06. The zero-order valence-electron chi connectivity index (χ0n) is 13.7. The van der Waals surface area contributed by atoms with Gasteiger partial charge in [-0.25, -0.2) is 4.79 Å². The van der Waals surface area contributed by atoms with Crippen LogP contribution >= 0.6 is 0 Å². The number of amides is 2. The molecule has 5 heteroatoms. The van der Waals surface area contributed by atoms with Crippen molar-refractivity contribution < 1.29 is 14.3 Å². The minimum Gasteiger partial charge on any atom is -0.447 e. The van der Waals surface area contributed by atoms with Gasteiger partial charge in [0.25, 0.3) is 0 Å². The Balaban J connectivity index is 1.54. The molecule has 0 N–H and O–H groups in total. The van der Waals surface area contributed by atoms with Crippen LogP contribution in [0.4, 0.5) is 10.5 Å². The number of cyclic esters (lactones) is 1. The molecule has 5 nitrogen and oxygen atoms in total. The first-order valence-electron chi connectivity index (χ1n) is 8.73. The summed E-state index contributed by atoms with van der Waals surface area (Å²) in [4.78, 5) is 28.3. The van der Waals surface area contributed by atoms with Crippen molar-refractivity contribution in [1.29, 1.82) is 0 Å². The van der Waals surface area contributed by atoms with Gasteiger partial charge in [0, 0.05) is 19.0 Å². The molecule has 2 aliphatic heterocycles. The third-order valence-electron chi connectivity index (χ3n) is 5.22. The lowest BCUT2D eigenvalue weighted by molar-refractivity contribution is -0.136. The molecule has 1 aromatic rings. The topological polar surface area (TPSA) is 49.9 Å². The van der Waals surface area contributed by atoms with E-state index in [1.165, 1.54) is 5.56 Å². The van der Waals surface area contributed by atoms with Crippen molar-refractivity contribution in [2.24, 2.45) is 5.92 Å². The van der Waals surface area contributed by atoms with Crippen LogP contribution in [-0.2, 0) is 22.5 Å². The van der Waals surface area contributed by atoms with Crippen molar-refractivity contribution >= 4 is 17.7 Å². The van der Waals surface area contributed by atoms with Gasteiger partial charge in [-0.1, -0.05) is 24.3 Å². The first-order chi connectivity index (χ1) is 11.7. The molecule has 0 radical (unpaired) electrons. The molecule has 1 fully saturated rings. The zero-order valence-corrected chi connectivity index (χ0v) is 13.7. The molecule has 1 aromatic carbocycles. The number of rotatable bonds is 2. The lowest BCUT2D eigenvalue weighted by Gasteiger charge is -2.34. The summed E-state index contributed by atoms with van der Waals surface area (Å²) in [7, 11) is 0. The summed E-state index contributed by atoms with van der Waals surface area (Å²) in [6.07, 6.45) is 7.64. The third-order valence-corrected chi connectivity index (χ3v) is 5.22. The van der Waals surface area contributed by atoms with Crippen LogP contribution < -0.4 is 4.90 Å². The number of anilines is 1. The maximum absolute atomic E-state index is 12.8. The fourth-order valence-corrected chi connectivity index (χ4v) is 3.92. The molecule has 0 unspecified atom stereocenters. The van der Waals surface area contributed by atoms with E-state index < -0.39 is 0 Å². The second kappa shape index (κ2) is 6.30. The summed E-state index contributed by atoms with van der Waals surface area (Å²) in [5, 5.41) is 0. The van der Waals surface area contributed by atoms with Crippen LogP contribution in [-0.4, -0.2) is 36.6 Å². The predicted octanol–water partition coefficient (Wildman–Crippen LogP) is 2.88. The average molecular weight is 326 g/mol. The van der Waals surface area contributed by atoms with Crippen LogP contribution in [0.15, 0.2) is 30.4 Å². The van der Waals surface area contributed by atoms with Crippen LogP contribution in [0, 0.1) is 5.92 Å². The molecule has 0 bridgehead atoms. The Morgan fingerprint density at radius 3 is 2.88 bits per heavy atom. The number of ether oxygens (including phenoxy) is 1. The minimum atomic E-state index is -0.268. The smallest absolute Gasteiger partial charge is 0.414 e. The van der Waals surface area contributed by atoms with Crippen molar-refractivity contribution in [3.8, 4) is 0 Å². The van der Waals surface area contributed by atoms with Gasteiger partial charge in [-0.05, 0) is 42.9 Å². The molecule has 1 saturated heterocycles. The number of benzene rings is 1. The number of allylic oxidation sites excluding steroid dienone is 2. The first kappa shape index (κ1) is 15.2. The molecule has 2 amide bonds. The van der Waals surface area contributed by atoms with Gasteiger partial charge in [0.05, 0.1) is 12.2 Å². The Hall–Kier alpha value is -2.30. The van der Waals surface area contributed by atoms with Gasteiger partial charge >= 0.3 is 6.09 Å². The monoisotopic (exact) mass is 326 g/mol. The lowest BCUT2D eigenvalue weighted by atomic mass is 9.91. The van der Waals surface area contributed by atoms with E-state index in [9.17, 15) is 9.59 Å². The highest BCUT2D eigenvalue weighted by molar-refractivity contribution is 5.90.